The fourth-order valence-electron chi connectivity index (χ4n) is 0.833. The molecule has 0 radical (unpaired) electrons. The van der Waals surface area contributed by atoms with Crippen molar-refractivity contribution >= 4 is 17.7 Å². The lowest BCUT2D eigenvalue weighted by atomic mass is 9.96. The predicted molar refractivity (Wildman–Crippen MR) is 48.1 cm³/mol. The summed E-state index contributed by atoms with van der Waals surface area (Å²) in [5.41, 5.74) is 0.101. The maximum Gasteiger partial charge on any atom is 0.258 e. The zero-order valence-electron chi connectivity index (χ0n) is 7.10. The highest BCUT2D eigenvalue weighted by Gasteiger charge is 2.19. The molecule has 62 valence electrons. The molecule has 0 saturated carbocycles. The molecule has 0 aliphatic carbocycles. The average Bonchev–Trinajstić information content (AvgIpc) is 2.12. The van der Waals surface area contributed by atoms with Gasteiger partial charge >= 0.3 is 0 Å². The van der Waals surface area contributed by atoms with Crippen LogP contribution in [0.4, 0.5) is 0 Å². The van der Waals surface area contributed by atoms with Crippen molar-refractivity contribution < 1.29 is 4.79 Å². The quantitative estimate of drug-likeness (QED) is 0.562. The first-order valence-electron chi connectivity index (χ1n) is 3.63. The van der Waals surface area contributed by atoms with Crippen LogP contribution in [0.1, 0.15) is 20.8 Å². The molecule has 0 aromatic carbocycles. The highest BCUT2D eigenvalue weighted by molar-refractivity contribution is 8.04. The number of hydrogen-bond donors (Lipinski definition) is 1. The Morgan fingerprint density at radius 2 is 2.18 bits per heavy atom. The van der Waals surface area contributed by atoms with Gasteiger partial charge in [0.2, 0.25) is 0 Å². The van der Waals surface area contributed by atoms with Crippen LogP contribution in [-0.2, 0) is 4.79 Å². The largest absolute Gasteiger partial charge is 0.342 e. The van der Waals surface area contributed by atoms with E-state index in [2.05, 4.69) is 26.1 Å². The molecule has 2 nitrogen and oxygen atoms in total. The lowest BCUT2D eigenvalue weighted by Crippen LogP contribution is -2.15. The van der Waals surface area contributed by atoms with Crippen molar-refractivity contribution in [3.63, 3.8) is 0 Å². The molecule has 1 amide bonds. The van der Waals surface area contributed by atoms with Crippen molar-refractivity contribution in [1.82, 2.24) is 5.32 Å². The molecule has 1 aliphatic rings. The summed E-state index contributed by atoms with van der Waals surface area (Å²) >= 11 is 1.58. The molecule has 1 N–H and O–H groups in total. The third kappa shape index (κ3) is 2.58. The second-order valence-corrected chi connectivity index (χ2v) is 4.69. The Balaban J connectivity index is 2.73. The van der Waals surface area contributed by atoms with Crippen LogP contribution in [0.25, 0.3) is 0 Å². The average molecular weight is 171 g/mol. The Hall–Kier alpha value is -0.440. The molecule has 0 bridgehead atoms. The summed E-state index contributed by atoms with van der Waals surface area (Å²) < 4.78 is 0. The molecule has 0 aromatic heterocycles. The zero-order chi connectivity index (χ0) is 8.48. The van der Waals surface area contributed by atoms with Crippen molar-refractivity contribution in [1.29, 1.82) is 0 Å². The smallest absolute Gasteiger partial charge is 0.258 e. The molecule has 1 aliphatic heterocycles. The van der Waals surface area contributed by atoms with E-state index in [1.165, 1.54) is 0 Å². The van der Waals surface area contributed by atoms with Gasteiger partial charge in [-0.1, -0.05) is 38.6 Å². The first kappa shape index (κ1) is 8.65. The van der Waals surface area contributed by atoms with Gasteiger partial charge in [0.15, 0.2) is 0 Å². The van der Waals surface area contributed by atoms with Crippen molar-refractivity contribution in [2.75, 3.05) is 5.88 Å². The van der Waals surface area contributed by atoms with Gasteiger partial charge in [-0.3, -0.25) is 4.79 Å². The zero-order valence-corrected chi connectivity index (χ0v) is 7.92. The second kappa shape index (κ2) is 2.89. The number of hydrogen-bond acceptors (Lipinski definition) is 2. The van der Waals surface area contributed by atoms with Crippen LogP contribution in [0.3, 0.4) is 0 Å². The Bertz CT molecular complexity index is 203. The van der Waals surface area contributed by atoms with E-state index in [1.54, 1.807) is 11.8 Å². The molecule has 0 atom stereocenters. The van der Waals surface area contributed by atoms with Gasteiger partial charge in [0, 0.05) is 0 Å². The minimum atomic E-state index is 0.0740. The highest BCUT2D eigenvalue weighted by Crippen LogP contribution is 2.26. The fourth-order valence-corrected chi connectivity index (χ4v) is 1.83. The SMILES string of the molecule is CC(C)(C)/C=C1/SCNC1=O. The lowest BCUT2D eigenvalue weighted by Gasteiger charge is -2.11. The van der Waals surface area contributed by atoms with E-state index < -0.39 is 0 Å². The van der Waals surface area contributed by atoms with Crippen LogP contribution in [0.15, 0.2) is 11.0 Å². The topological polar surface area (TPSA) is 29.1 Å². The van der Waals surface area contributed by atoms with Gasteiger partial charge in [-0.05, 0) is 5.41 Å². The van der Waals surface area contributed by atoms with Gasteiger partial charge in [0.1, 0.15) is 0 Å². The Morgan fingerprint density at radius 1 is 1.55 bits per heavy atom. The van der Waals surface area contributed by atoms with Gasteiger partial charge in [-0.2, -0.15) is 0 Å². The summed E-state index contributed by atoms with van der Waals surface area (Å²) in [7, 11) is 0. The first-order chi connectivity index (χ1) is 4.99. The van der Waals surface area contributed by atoms with E-state index in [9.17, 15) is 4.79 Å². The lowest BCUT2D eigenvalue weighted by molar-refractivity contribution is -0.116. The van der Waals surface area contributed by atoms with E-state index in [1.807, 2.05) is 6.08 Å². The molecule has 0 aromatic rings. The van der Waals surface area contributed by atoms with E-state index >= 15 is 0 Å². The summed E-state index contributed by atoms with van der Waals surface area (Å²) in [5, 5.41) is 2.75. The van der Waals surface area contributed by atoms with Crippen LogP contribution in [-0.4, -0.2) is 11.8 Å². The van der Waals surface area contributed by atoms with Crippen molar-refractivity contribution in [3.05, 3.63) is 11.0 Å². The van der Waals surface area contributed by atoms with E-state index in [4.69, 9.17) is 0 Å². The Kier molecular flexibility index (Phi) is 2.28. The molecule has 0 unspecified atom stereocenters. The van der Waals surface area contributed by atoms with Gasteiger partial charge in [0.05, 0.1) is 10.8 Å². The highest BCUT2D eigenvalue weighted by atomic mass is 32.2. The van der Waals surface area contributed by atoms with Crippen LogP contribution in [0.5, 0.6) is 0 Å². The van der Waals surface area contributed by atoms with Gasteiger partial charge in [-0.25, -0.2) is 0 Å². The number of amides is 1. The minimum absolute atomic E-state index is 0.0740. The van der Waals surface area contributed by atoms with Gasteiger partial charge in [-0.15, -0.1) is 0 Å². The molecule has 1 saturated heterocycles. The third-order valence-electron chi connectivity index (χ3n) is 1.25. The standard InChI is InChI=1S/C8H13NOS/c1-8(2,3)4-6-7(10)9-5-11-6/h4H,5H2,1-3H3,(H,9,10)/b6-4+. The monoisotopic (exact) mass is 171 g/mol. The normalized spacial score (nSPS) is 22.5. The van der Waals surface area contributed by atoms with Crippen LogP contribution in [0, 0.1) is 5.41 Å². The predicted octanol–water partition coefficient (Wildman–Crippen LogP) is 1.74. The van der Waals surface area contributed by atoms with Crippen LogP contribution in [0.2, 0.25) is 0 Å². The molecule has 11 heavy (non-hydrogen) atoms. The summed E-state index contributed by atoms with van der Waals surface area (Å²) in [5.74, 6) is 0.797. The van der Waals surface area contributed by atoms with E-state index in [0.717, 1.165) is 10.8 Å². The number of rotatable bonds is 0. The van der Waals surface area contributed by atoms with Crippen LogP contribution >= 0.6 is 11.8 Å². The Labute approximate surface area is 71.4 Å². The van der Waals surface area contributed by atoms with E-state index in [0.29, 0.717) is 0 Å². The third-order valence-corrected chi connectivity index (χ3v) is 2.15. The summed E-state index contributed by atoms with van der Waals surface area (Å²) in [6.45, 7) is 6.27. The minimum Gasteiger partial charge on any atom is -0.342 e. The molecule has 0 spiro atoms. The maximum atomic E-state index is 11.1. The van der Waals surface area contributed by atoms with Gasteiger partial charge in [0.25, 0.3) is 5.91 Å². The Morgan fingerprint density at radius 3 is 2.55 bits per heavy atom. The second-order valence-electron chi connectivity index (χ2n) is 3.67. The molecule has 1 rings (SSSR count). The molecule has 1 fully saturated rings. The molecule has 1 heterocycles. The van der Waals surface area contributed by atoms with Crippen molar-refractivity contribution in [3.8, 4) is 0 Å². The molecular weight excluding hydrogens is 158 g/mol. The first-order valence-corrected chi connectivity index (χ1v) is 4.61. The molecular formula is C8H13NOS. The summed E-state index contributed by atoms with van der Waals surface area (Å²) in [6, 6.07) is 0. The number of carbonyl (C=O) groups excluding carboxylic acids is 1. The summed E-state index contributed by atoms with van der Waals surface area (Å²) in [4.78, 5) is 11.9. The van der Waals surface area contributed by atoms with Crippen molar-refractivity contribution in [2.45, 2.75) is 20.8 Å². The maximum absolute atomic E-state index is 11.1. The summed E-state index contributed by atoms with van der Waals surface area (Å²) in [6.07, 6.45) is 2.01. The fraction of sp³-hybridized carbons (Fsp3) is 0.625. The van der Waals surface area contributed by atoms with Gasteiger partial charge < -0.3 is 5.32 Å². The van der Waals surface area contributed by atoms with E-state index in [-0.39, 0.29) is 11.3 Å². The number of carbonyl (C=O) groups is 1. The molecule has 3 heteroatoms. The van der Waals surface area contributed by atoms with Crippen molar-refractivity contribution in [2.24, 2.45) is 5.41 Å². The number of thioether (sulfide) groups is 1. The number of allylic oxidation sites excluding steroid dienone is 1. The number of nitrogens with one attached hydrogen (secondary N) is 1. The van der Waals surface area contributed by atoms with Crippen LogP contribution < -0.4 is 5.32 Å².